The van der Waals surface area contributed by atoms with Crippen LogP contribution in [-0.2, 0) is 0 Å². The molecule has 0 spiro atoms. The van der Waals surface area contributed by atoms with Gasteiger partial charge in [-0.05, 0) is 24.7 Å². The van der Waals surface area contributed by atoms with Crippen LogP contribution in [0.25, 0.3) is 0 Å². The summed E-state index contributed by atoms with van der Waals surface area (Å²) in [5.41, 5.74) is 2.60. The second-order valence-corrected chi connectivity index (χ2v) is 3.38. The second-order valence-electron chi connectivity index (χ2n) is 3.38. The van der Waals surface area contributed by atoms with Gasteiger partial charge in [0.05, 0.1) is 0 Å². The van der Waals surface area contributed by atoms with E-state index in [0.717, 1.165) is 12.8 Å². The van der Waals surface area contributed by atoms with Gasteiger partial charge in [-0.25, -0.2) is 0 Å². The molecule has 1 aliphatic heterocycles. The lowest BCUT2D eigenvalue weighted by Gasteiger charge is -2.22. The Bertz CT molecular complexity index is 180. The van der Waals surface area contributed by atoms with Crippen LogP contribution in [0.4, 0.5) is 0 Å². The molecule has 11 heavy (non-hydrogen) atoms. The quantitative estimate of drug-likeness (QED) is 0.518. The van der Waals surface area contributed by atoms with Crippen molar-refractivity contribution in [2.45, 2.75) is 12.8 Å². The fraction of sp³-hybridized carbons (Fsp3) is 0.750. The first-order valence-electron chi connectivity index (χ1n) is 4.06. The largest absolute Gasteiger partial charge is 0.396 e. The van der Waals surface area contributed by atoms with E-state index in [0.29, 0.717) is 0 Å². The third-order valence-corrected chi connectivity index (χ3v) is 2.67. The van der Waals surface area contributed by atoms with Crippen molar-refractivity contribution < 1.29 is 10.2 Å². The Balaban J connectivity index is 2.03. The predicted octanol–water partition coefficient (Wildman–Crippen LogP) is -0.188. The fourth-order valence-electron chi connectivity index (χ4n) is 1.78. The van der Waals surface area contributed by atoms with E-state index in [9.17, 15) is 0 Å². The molecule has 0 aromatic heterocycles. The number of hydrogen-bond donors (Lipinski definition) is 3. The monoisotopic (exact) mass is 155 g/mol. The molecular weight excluding hydrogens is 142 g/mol. The first-order chi connectivity index (χ1) is 5.35. The lowest BCUT2D eigenvalue weighted by Crippen LogP contribution is -2.23. The maximum atomic E-state index is 8.97. The van der Waals surface area contributed by atoms with Crippen molar-refractivity contribution in [1.29, 1.82) is 0 Å². The zero-order valence-corrected chi connectivity index (χ0v) is 6.38. The Morgan fingerprint density at radius 2 is 1.55 bits per heavy atom. The summed E-state index contributed by atoms with van der Waals surface area (Å²) in [6.45, 7) is 0.396. The third kappa shape index (κ3) is 1.14. The normalized spacial score (nSPS) is 34.7. The molecule has 0 aromatic rings. The van der Waals surface area contributed by atoms with Crippen molar-refractivity contribution in [3.63, 3.8) is 0 Å². The van der Waals surface area contributed by atoms with Gasteiger partial charge < -0.3 is 15.5 Å². The summed E-state index contributed by atoms with van der Waals surface area (Å²) in [5.74, 6) is 0.544. The summed E-state index contributed by atoms with van der Waals surface area (Å²) in [4.78, 5) is 0. The number of rotatable bonds is 2. The topological polar surface area (TPSA) is 62.4 Å². The van der Waals surface area contributed by atoms with E-state index in [1.807, 2.05) is 0 Å². The minimum Gasteiger partial charge on any atom is -0.396 e. The Kier molecular flexibility index (Phi) is 1.62. The van der Waals surface area contributed by atoms with Gasteiger partial charge in [0.15, 0.2) is 0 Å². The van der Waals surface area contributed by atoms with Crippen LogP contribution in [0.3, 0.4) is 0 Å². The first kappa shape index (κ1) is 7.13. The van der Waals surface area contributed by atoms with Crippen molar-refractivity contribution in [2.75, 3.05) is 13.2 Å². The minimum atomic E-state index is 0.198. The number of nitrogens with one attached hydrogen (secondary N) is 1. The van der Waals surface area contributed by atoms with Gasteiger partial charge in [-0.1, -0.05) is 0 Å². The number of aliphatic hydroxyl groups excluding tert-OH is 2. The zero-order chi connectivity index (χ0) is 7.84. The molecule has 3 heteroatoms. The third-order valence-electron chi connectivity index (χ3n) is 2.67. The average Bonchev–Trinajstić information content (AvgIpc) is 2.79. The molecule has 2 aliphatic rings. The van der Waals surface area contributed by atoms with Gasteiger partial charge in [0.1, 0.15) is 0 Å². The second kappa shape index (κ2) is 2.50. The molecule has 1 heterocycles. The molecule has 62 valence electrons. The van der Waals surface area contributed by atoms with E-state index in [-0.39, 0.29) is 25.0 Å². The first-order valence-corrected chi connectivity index (χ1v) is 4.06. The highest BCUT2D eigenvalue weighted by Gasteiger charge is 2.35. The average molecular weight is 155 g/mol. The highest BCUT2D eigenvalue weighted by molar-refractivity contribution is 5.33. The zero-order valence-electron chi connectivity index (χ0n) is 6.38. The smallest absolute Gasteiger partial charge is 0.0466 e. The van der Waals surface area contributed by atoms with Crippen LogP contribution in [-0.4, -0.2) is 23.4 Å². The van der Waals surface area contributed by atoms with Crippen molar-refractivity contribution in [3.05, 3.63) is 11.4 Å². The van der Waals surface area contributed by atoms with E-state index >= 15 is 0 Å². The number of aliphatic hydroxyl groups is 2. The summed E-state index contributed by atoms with van der Waals surface area (Å²) in [7, 11) is 0. The standard InChI is InChI=1S/C8H13NO2/c10-3-5-1-7-8(9-7)2-6(5)4-11/h5-6,9-11H,1-4H2. The van der Waals surface area contributed by atoms with Crippen molar-refractivity contribution in [2.24, 2.45) is 11.8 Å². The predicted molar refractivity (Wildman–Crippen MR) is 40.5 cm³/mol. The number of hydrogen-bond acceptors (Lipinski definition) is 3. The Morgan fingerprint density at radius 1 is 1.09 bits per heavy atom. The van der Waals surface area contributed by atoms with E-state index in [4.69, 9.17) is 10.2 Å². The Hall–Kier alpha value is -0.540. The van der Waals surface area contributed by atoms with Crippen molar-refractivity contribution in [1.82, 2.24) is 5.32 Å². The molecule has 0 radical (unpaired) electrons. The minimum absolute atomic E-state index is 0.198. The molecular formula is C8H13NO2. The molecule has 0 saturated heterocycles. The molecule has 2 rings (SSSR count). The molecule has 2 atom stereocenters. The maximum absolute atomic E-state index is 8.97. The Morgan fingerprint density at radius 3 is 1.91 bits per heavy atom. The van der Waals surface area contributed by atoms with Crippen molar-refractivity contribution in [3.8, 4) is 0 Å². The fourth-order valence-corrected chi connectivity index (χ4v) is 1.78. The summed E-state index contributed by atoms with van der Waals surface area (Å²) in [6.07, 6.45) is 1.86. The molecule has 1 aliphatic carbocycles. The van der Waals surface area contributed by atoms with E-state index in [1.54, 1.807) is 0 Å². The van der Waals surface area contributed by atoms with Crippen LogP contribution in [0.1, 0.15) is 12.8 Å². The SMILES string of the molecule is OCC1CC2=C(CC1CO)N2. The molecule has 0 saturated carbocycles. The lowest BCUT2D eigenvalue weighted by atomic mass is 9.84. The summed E-state index contributed by atoms with van der Waals surface area (Å²) < 4.78 is 0. The van der Waals surface area contributed by atoms with Gasteiger partial charge in [-0.3, -0.25) is 0 Å². The van der Waals surface area contributed by atoms with Crippen LogP contribution in [0.15, 0.2) is 11.4 Å². The van der Waals surface area contributed by atoms with Crippen LogP contribution in [0, 0.1) is 11.8 Å². The summed E-state index contributed by atoms with van der Waals surface area (Å²) in [6, 6.07) is 0. The van der Waals surface area contributed by atoms with E-state index < -0.39 is 0 Å². The van der Waals surface area contributed by atoms with Crippen LogP contribution >= 0.6 is 0 Å². The van der Waals surface area contributed by atoms with E-state index in [1.165, 1.54) is 11.4 Å². The van der Waals surface area contributed by atoms with Gasteiger partial charge in [0.2, 0.25) is 0 Å². The number of allylic oxidation sites excluding steroid dienone is 2. The molecule has 2 unspecified atom stereocenters. The molecule has 0 amide bonds. The van der Waals surface area contributed by atoms with Crippen LogP contribution < -0.4 is 5.32 Å². The molecule has 0 aromatic carbocycles. The van der Waals surface area contributed by atoms with Gasteiger partial charge >= 0.3 is 0 Å². The van der Waals surface area contributed by atoms with Gasteiger partial charge in [-0.2, -0.15) is 0 Å². The summed E-state index contributed by atoms with van der Waals surface area (Å²) in [5, 5.41) is 21.1. The Labute approximate surface area is 65.7 Å². The van der Waals surface area contributed by atoms with Crippen LogP contribution in [0.5, 0.6) is 0 Å². The molecule has 3 N–H and O–H groups in total. The molecule has 0 fully saturated rings. The molecule has 3 nitrogen and oxygen atoms in total. The van der Waals surface area contributed by atoms with E-state index in [2.05, 4.69) is 5.32 Å². The van der Waals surface area contributed by atoms with Gasteiger partial charge in [0.25, 0.3) is 0 Å². The highest BCUT2D eigenvalue weighted by atomic mass is 16.3. The van der Waals surface area contributed by atoms with Crippen molar-refractivity contribution >= 4 is 0 Å². The summed E-state index contributed by atoms with van der Waals surface area (Å²) >= 11 is 0. The lowest BCUT2D eigenvalue weighted by molar-refractivity contribution is 0.118. The van der Waals surface area contributed by atoms with Gasteiger partial charge in [-0.15, -0.1) is 0 Å². The highest BCUT2D eigenvalue weighted by Crippen LogP contribution is 2.38. The maximum Gasteiger partial charge on any atom is 0.0466 e. The van der Waals surface area contributed by atoms with Crippen LogP contribution in [0.2, 0.25) is 0 Å². The van der Waals surface area contributed by atoms with Gasteiger partial charge in [0, 0.05) is 24.6 Å². The molecule has 0 bridgehead atoms.